The summed E-state index contributed by atoms with van der Waals surface area (Å²) in [5.74, 6) is -0.500. The van der Waals surface area contributed by atoms with Crippen LogP contribution in [0.1, 0.15) is 27.2 Å². The van der Waals surface area contributed by atoms with Crippen LogP contribution in [-0.4, -0.2) is 62.2 Å². The molecule has 0 saturated carbocycles. The molecule has 0 aliphatic heterocycles. The molecule has 0 fully saturated rings. The van der Waals surface area contributed by atoms with Gasteiger partial charge in [-0.3, -0.25) is 0 Å². The molecule has 1 atom stereocenters. The molecular formula is C19H42O6Si3. The van der Waals surface area contributed by atoms with Crippen LogP contribution in [0.15, 0.2) is 12.2 Å². The average Bonchev–Trinajstić information content (AvgIpc) is 2.58. The Hall–Kier alpha value is -0.299. The maximum Gasteiger partial charge on any atom is 0.333 e. The first kappa shape index (κ1) is 27.7. The molecule has 0 heterocycles. The van der Waals surface area contributed by atoms with E-state index >= 15 is 0 Å². The van der Waals surface area contributed by atoms with Crippen LogP contribution in [0.2, 0.25) is 50.9 Å². The number of ether oxygens (including phenoxy) is 2. The lowest BCUT2D eigenvalue weighted by Crippen LogP contribution is -2.54. The highest BCUT2D eigenvalue weighted by Crippen LogP contribution is 2.28. The SMILES string of the molecule is C=C(C)C(=O)OCC(O)COCCC[Si](C)(O[Si](C)(C)CC)O[Si](C)(C)CC. The number of carbonyl (C=O) groups excluding carboxylic acids is 1. The Kier molecular flexibility index (Phi) is 12.3. The molecule has 0 bridgehead atoms. The Morgan fingerprint density at radius 3 is 1.93 bits per heavy atom. The van der Waals surface area contributed by atoms with Crippen molar-refractivity contribution in [3.8, 4) is 0 Å². The normalized spacial score (nSPS) is 14.0. The monoisotopic (exact) mass is 450 g/mol. The summed E-state index contributed by atoms with van der Waals surface area (Å²) in [6, 6.07) is 3.01. The van der Waals surface area contributed by atoms with Crippen molar-refractivity contribution in [2.75, 3.05) is 19.8 Å². The number of aliphatic hydroxyl groups excluding tert-OH is 1. The van der Waals surface area contributed by atoms with E-state index in [-0.39, 0.29) is 13.2 Å². The number of hydrogen-bond acceptors (Lipinski definition) is 6. The fraction of sp³-hybridized carbons (Fsp3) is 0.842. The average molecular weight is 451 g/mol. The van der Waals surface area contributed by atoms with Gasteiger partial charge in [0.1, 0.15) is 12.7 Å². The third-order valence-corrected chi connectivity index (χ3v) is 17.2. The Balaban J connectivity index is 4.48. The number of hydrogen-bond donors (Lipinski definition) is 1. The van der Waals surface area contributed by atoms with E-state index in [9.17, 15) is 9.90 Å². The fourth-order valence-corrected chi connectivity index (χ4v) is 15.1. The molecule has 0 radical (unpaired) electrons. The molecule has 1 unspecified atom stereocenters. The van der Waals surface area contributed by atoms with Gasteiger partial charge in [-0.15, -0.1) is 0 Å². The largest absolute Gasteiger partial charge is 0.460 e. The van der Waals surface area contributed by atoms with Crippen molar-refractivity contribution >= 4 is 31.2 Å². The smallest absolute Gasteiger partial charge is 0.333 e. The zero-order chi connectivity index (χ0) is 22.0. The number of rotatable bonds is 15. The lowest BCUT2D eigenvalue weighted by molar-refractivity contribution is -0.143. The Morgan fingerprint density at radius 1 is 1.00 bits per heavy atom. The van der Waals surface area contributed by atoms with E-state index in [0.717, 1.165) is 24.6 Å². The molecule has 0 saturated heterocycles. The molecule has 0 rings (SSSR count). The van der Waals surface area contributed by atoms with Crippen LogP contribution in [0.4, 0.5) is 0 Å². The van der Waals surface area contributed by atoms with Gasteiger partial charge >= 0.3 is 14.5 Å². The van der Waals surface area contributed by atoms with Gasteiger partial charge in [0.15, 0.2) is 16.6 Å². The van der Waals surface area contributed by atoms with Crippen LogP contribution in [0.3, 0.4) is 0 Å². The van der Waals surface area contributed by atoms with E-state index in [1.807, 2.05) is 0 Å². The highest BCUT2D eigenvalue weighted by atomic mass is 28.5. The molecule has 28 heavy (non-hydrogen) atoms. The third kappa shape index (κ3) is 12.3. The van der Waals surface area contributed by atoms with Crippen molar-refractivity contribution in [3.05, 3.63) is 12.2 Å². The predicted octanol–water partition coefficient (Wildman–Crippen LogP) is 4.43. The van der Waals surface area contributed by atoms with Gasteiger partial charge < -0.3 is 22.8 Å². The quantitative estimate of drug-likeness (QED) is 0.172. The molecule has 0 aromatic rings. The molecular weight excluding hydrogens is 408 g/mol. The minimum absolute atomic E-state index is 0.0863. The molecule has 0 amide bonds. The molecule has 9 heteroatoms. The molecule has 6 nitrogen and oxygen atoms in total. The maximum absolute atomic E-state index is 11.3. The van der Waals surface area contributed by atoms with Crippen LogP contribution in [0.25, 0.3) is 0 Å². The fourth-order valence-electron chi connectivity index (χ4n) is 2.49. The van der Waals surface area contributed by atoms with Crippen molar-refractivity contribution in [1.82, 2.24) is 0 Å². The summed E-state index contributed by atoms with van der Waals surface area (Å²) in [6.45, 7) is 21.2. The van der Waals surface area contributed by atoms with Gasteiger partial charge in [0.05, 0.1) is 6.61 Å². The molecule has 0 aliphatic rings. The topological polar surface area (TPSA) is 74.2 Å². The van der Waals surface area contributed by atoms with Gasteiger partial charge in [0.25, 0.3) is 0 Å². The van der Waals surface area contributed by atoms with Gasteiger partial charge in [0, 0.05) is 12.2 Å². The summed E-state index contributed by atoms with van der Waals surface area (Å²) in [4.78, 5) is 11.3. The van der Waals surface area contributed by atoms with E-state index in [0.29, 0.717) is 12.2 Å². The number of esters is 1. The van der Waals surface area contributed by atoms with E-state index in [1.54, 1.807) is 6.92 Å². The predicted molar refractivity (Wildman–Crippen MR) is 122 cm³/mol. The lowest BCUT2D eigenvalue weighted by Gasteiger charge is -2.40. The maximum atomic E-state index is 11.3. The standard InChI is InChI=1S/C19H42O6Si3/c1-10-26(5,6)24-28(9,25-27(7,8)11-2)14-12-13-22-15-18(20)16-23-19(21)17(3)4/h18,20H,3,10-16H2,1-2,4-9H3. The van der Waals surface area contributed by atoms with Crippen molar-refractivity contribution in [1.29, 1.82) is 0 Å². The van der Waals surface area contributed by atoms with E-state index in [4.69, 9.17) is 17.7 Å². The van der Waals surface area contributed by atoms with Crippen molar-refractivity contribution in [3.63, 3.8) is 0 Å². The lowest BCUT2D eigenvalue weighted by atomic mass is 10.3. The second kappa shape index (κ2) is 12.4. The molecule has 0 aliphatic carbocycles. The van der Waals surface area contributed by atoms with Gasteiger partial charge in [-0.1, -0.05) is 20.4 Å². The number of aliphatic hydroxyl groups is 1. The first-order valence-corrected chi connectivity index (χ1v) is 19.0. The minimum atomic E-state index is -2.28. The zero-order valence-corrected chi connectivity index (χ0v) is 22.2. The Labute approximate surface area is 175 Å². The molecule has 0 aromatic carbocycles. The summed E-state index contributed by atoms with van der Waals surface area (Å²) in [5, 5.41) is 9.85. The van der Waals surface area contributed by atoms with Gasteiger partial charge in [-0.05, 0) is 64.2 Å². The summed E-state index contributed by atoms with van der Waals surface area (Å²) in [7, 11) is -5.72. The summed E-state index contributed by atoms with van der Waals surface area (Å²) >= 11 is 0. The van der Waals surface area contributed by atoms with Crippen LogP contribution >= 0.6 is 0 Å². The van der Waals surface area contributed by atoms with Crippen LogP contribution in [0, 0.1) is 0 Å². The van der Waals surface area contributed by atoms with E-state index in [1.165, 1.54) is 0 Å². The van der Waals surface area contributed by atoms with Crippen LogP contribution in [0.5, 0.6) is 0 Å². The minimum Gasteiger partial charge on any atom is -0.460 e. The Morgan fingerprint density at radius 2 is 1.50 bits per heavy atom. The van der Waals surface area contributed by atoms with E-state index in [2.05, 4.69) is 53.2 Å². The highest BCUT2D eigenvalue weighted by Gasteiger charge is 2.41. The third-order valence-electron chi connectivity index (χ3n) is 4.67. The highest BCUT2D eigenvalue weighted by molar-refractivity contribution is 6.88. The number of carbonyl (C=O) groups is 1. The first-order chi connectivity index (χ1) is 12.8. The Bertz CT molecular complexity index is 478. The van der Waals surface area contributed by atoms with E-state index < -0.39 is 37.3 Å². The van der Waals surface area contributed by atoms with Crippen molar-refractivity contribution < 1.29 is 27.6 Å². The van der Waals surface area contributed by atoms with Gasteiger partial charge in [0.2, 0.25) is 0 Å². The molecule has 0 spiro atoms. The zero-order valence-electron chi connectivity index (χ0n) is 19.2. The molecule has 1 N–H and O–H groups in total. The molecule has 0 aromatic heterocycles. The second-order valence-corrected chi connectivity index (χ2v) is 21.6. The van der Waals surface area contributed by atoms with Crippen molar-refractivity contribution in [2.45, 2.75) is 84.2 Å². The summed E-state index contributed by atoms with van der Waals surface area (Å²) in [5.41, 5.74) is 0.314. The summed E-state index contributed by atoms with van der Waals surface area (Å²) in [6.07, 6.45) is -0.0130. The second-order valence-electron chi connectivity index (χ2n) is 8.78. The van der Waals surface area contributed by atoms with Crippen LogP contribution in [-0.2, 0) is 22.5 Å². The van der Waals surface area contributed by atoms with Crippen molar-refractivity contribution in [2.24, 2.45) is 0 Å². The summed E-state index contributed by atoms with van der Waals surface area (Å²) < 4.78 is 23.8. The van der Waals surface area contributed by atoms with Crippen LogP contribution < -0.4 is 0 Å². The molecule has 166 valence electrons. The van der Waals surface area contributed by atoms with Gasteiger partial charge in [-0.25, -0.2) is 4.79 Å². The van der Waals surface area contributed by atoms with Gasteiger partial charge in [-0.2, -0.15) is 0 Å². The first-order valence-electron chi connectivity index (χ1n) is 10.2.